The van der Waals surface area contributed by atoms with Crippen molar-refractivity contribution in [1.82, 2.24) is 0 Å². The molecule has 1 nitrogen and oxygen atoms in total. The molecule has 1 aromatic carbocycles. The molecule has 0 radical (unpaired) electrons. The van der Waals surface area contributed by atoms with Crippen molar-refractivity contribution in [3.63, 3.8) is 0 Å². The van der Waals surface area contributed by atoms with Crippen molar-refractivity contribution in [3.05, 3.63) is 35.1 Å². The van der Waals surface area contributed by atoms with Crippen LogP contribution in [0.5, 0.6) is 0 Å². The predicted molar refractivity (Wildman–Crippen MR) is 51.1 cm³/mol. The summed E-state index contributed by atoms with van der Waals surface area (Å²) in [5, 5.41) is 9.08. The first kappa shape index (κ1) is 10.2. The van der Waals surface area contributed by atoms with Gasteiger partial charge in [-0.2, -0.15) is 0 Å². The molecular formula is C11H15FO. The van der Waals surface area contributed by atoms with E-state index in [1.165, 1.54) is 6.07 Å². The highest BCUT2D eigenvalue weighted by atomic mass is 19.1. The number of rotatable bonds is 3. The van der Waals surface area contributed by atoms with Gasteiger partial charge in [-0.15, -0.1) is 0 Å². The van der Waals surface area contributed by atoms with Gasteiger partial charge in [0, 0.05) is 0 Å². The van der Waals surface area contributed by atoms with Crippen LogP contribution in [-0.2, 0) is 6.42 Å². The Morgan fingerprint density at radius 1 is 1.46 bits per heavy atom. The van der Waals surface area contributed by atoms with E-state index < -0.39 is 0 Å². The average molecular weight is 182 g/mol. The maximum absolute atomic E-state index is 13.0. The van der Waals surface area contributed by atoms with Crippen molar-refractivity contribution in [2.75, 3.05) is 0 Å². The second kappa shape index (κ2) is 4.38. The minimum atomic E-state index is -0.317. The topological polar surface area (TPSA) is 20.2 Å². The van der Waals surface area contributed by atoms with Gasteiger partial charge in [-0.25, -0.2) is 4.39 Å². The highest BCUT2D eigenvalue weighted by molar-refractivity contribution is 5.27. The molecule has 0 spiro atoms. The third kappa shape index (κ3) is 2.81. The molecule has 0 amide bonds. The fraction of sp³-hybridized carbons (Fsp3) is 0.455. The van der Waals surface area contributed by atoms with Crippen LogP contribution in [0.4, 0.5) is 4.39 Å². The molecule has 0 saturated carbocycles. The minimum Gasteiger partial charge on any atom is -0.393 e. The summed E-state index contributed by atoms with van der Waals surface area (Å²) in [7, 11) is 0. The lowest BCUT2D eigenvalue weighted by atomic mass is 10.0. The highest BCUT2D eigenvalue weighted by Crippen LogP contribution is 2.14. The molecule has 0 aliphatic carbocycles. The lowest BCUT2D eigenvalue weighted by Gasteiger charge is -2.07. The number of aryl methyl sites for hydroxylation is 1. The first-order valence-corrected chi connectivity index (χ1v) is 4.53. The van der Waals surface area contributed by atoms with Crippen LogP contribution in [0.15, 0.2) is 18.2 Å². The van der Waals surface area contributed by atoms with Crippen LogP contribution in [0.25, 0.3) is 0 Å². The number of hydrogen-bond acceptors (Lipinski definition) is 1. The van der Waals surface area contributed by atoms with Crippen molar-refractivity contribution >= 4 is 0 Å². The van der Waals surface area contributed by atoms with Crippen molar-refractivity contribution in [1.29, 1.82) is 0 Å². The molecule has 0 unspecified atom stereocenters. The van der Waals surface area contributed by atoms with Crippen LogP contribution in [0.3, 0.4) is 0 Å². The van der Waals surface area contributed by atoms with Crippen molar-refractivity contribution in [3.8, 4) is 0 Å². The van der Waals surface area contributed by atoms with Gasteiger partial charge < -0.3 is 5.11 Å². The summed E-state index contributed by atoms with van der Waals surface area (Å²) >= 11 is 0. The Hall–Kier alpha value is -0.890. The second-order valence-corrected chi connectivity index (χ2v) is 3.41. The van der Waals surface area contributed by atoms with Gasteiger partial charge in [-0.05, 0) is 43.9 Å². The molecule has 0 aliphatic heterocycles. The molecule has 1 rings (SSSR count). The lowest BCUT2D eigenvalue weighted by molar-refractivity contribution is 0.185. The van der Waals surface area contributed by atoms with E-state index in [0.717, 1.165) is 12.0 Å². The molecule has 1 aromatic rings. The van der Waals surface area contributed by atoms with Crippen LogP contribution in [0, 0.1) is 12.7 Å². The maximum atomic E-state index is 13.0. The number of aliphatic hydroxyl groups excluding tert-OH is 1. The maximum Gasteiger partial charge on any atom is 0.126 e. The highest BCUT2D eigenvalue weighted by Gasteiger charge is 2.04. The summed E-state index contributed by atoms with van der Waals surface area (Å²) in [5.74, 6) is -0.164. The predicted octanol–water partition coefficient (Wildman–Crippen LogP) is 2.45. The largest absolute Gasteiger partial charge is 0.393 e. The van der Waals surface area contributed by atoms with Crippen molar-refractivity contribution < 1.29 is 9.50 Å². The summed E-state index contributed by atoms with van der Waals surface area (Å²) in [6.45, 7) is 3.52. The monoisotopic (exact) mass is 182 g/mol. The minimum absolute atomic E-state index is 0.164. The zero-order valence-electron chi connectivity index (χ0n) is 8.05. The van der Waals surface area contributed by atoms with Crippen LogP contribution in [0.2, 0.25) is 0 Å². The van der Waals surface area contributed by atoms with Crippen LogP contribution < -0.4 is 0 Å². The molecule has 0 aromatic heterocycles. The lowest BCUT2D eigenvalue weighted by Crippen LogP contribution is -2.03. The molecular weight excluding hydrogens is 167 g/mol. The molecule has 72 valence electrons. The Morgan fingerprint density at radius 3 is 2.77 bits per heavy atom. The van der Waals surface area contributed by atoms with Crippen LogP contribution in [-0.4, -0.2) is 11.2 Å². The summed E-state index contributed by atoms with van der Waals surface area (Å²) < 4.78 is 13.0. The summed E-state index contributed by atoms with van der Waals surface area (Å²) in [6.07, 6.45) is 1.11. The van der Waals surface area contributed by atoms with E-state index in [1.807, 2.05) is 6.07 Å². The molecule has 0 heterocycles. The Balaban J connectivity index is 2.71. The van der Waals surface area contributed by atoms with Gasteiger partial charge in [0.15, 0.2) is 0 Å². The van der Waals surface area contributed by atoms with Gasteiger partial charge in [0.1, 0.15) is 5.82 Å². The first-order chi connectivity index (χ1) is 6.11. The van der Waals surface area contributed by atoms with E-state index in [2.05, 4.69) is 0 Å². The number of benzene rings is 1. The number of aliphatic hydroxyl groups is 1. The van der Waals surface area contributed by atoms with Gasteiger partial charge in [-0.1, -0.05) is 12.1 Å². The Labute approximate surface area is 78.2 Å². The molecule has 1 N–H and O–H groups in total. The summed E-state index contributed by atoms with van der Waals surface area (Å²) in [6, 6.07) is 5.07. The average Bonchev–Trinajstić information content (AvgIpc) is 2.07. The molecule has 2 heteroatoms. The van der Waals surface area contributed by atoms with Gasteiger partial charge in [0.2, 0.25) is 0 Å². The van der Waals surface area contributed by atoms with E-state index in [-0.39, 0.29) is 11.9 Å². The van der Waals surface area contributed by atoms with Crippen LogP contribution in [0.1, 0.15) is 24.5 Å². The molecule has 13 heavy (non-hydrogen) atoms. The fourth-order valence-electron chi connectivity index (χ4n) is 1.29. The smallest absolute Gasteiger partial charge is 0.126 e. The number of halogens is 1. The van der Waals surface area contributed by atoms with Crippen molar-refractivity contribution in [2.24, 2.45) is 0 Å². The van der Waals surface area contributed by atoms with Crippen molar-refractivity contribution in [2.45, 2.75) is 32.8 Å². The SMILES string of the molecule is Cc1c(F)cccc1CC[C@H](C)O. The quantitative estimate of drug-likeness (QED) is 0.761. The number of hydrogen-bond donors (Lipinski definition) is 1. The Morgan fingerprint density at radius 2 is 2.15 bits per heavy atom. The first-order valence-electron chi connectivity index (χ1n) is 4.53. The van der Waals surface area contributed by atoms with E-state index in [4.69, 9.17) is 5.11 Å². The third-order valence-corrected chi connectivity index (χ3v) is 2.21. The Kier molecular flexibility index (Phi) is 3.43. The summed E-state index contributed by atoms with van der Waals surface area (Å²) in [4.78, 5) is 0. The third-order valence-electron chi connectivity index (χ3n) is 2.21. The zero-order chi connectivity index (χ0) is 9.84. The van der Waals surface area contributed by atoms with Crippen LogP contribution >= 0.6 is 0 Å². The molecule has 0 aliphatic rings. The standard InChI is InChI=1S/C11H15FO/c1-8(13)6-7-10-4-3-5-11(12)9(10)2/h3-5,8,13H,6-7H2,1-2H3/t8-/m0/s1. The molecule has 0 saturated heterocycles. The van der Waals surface area contributed by atoms with Gasteiger partial charge in [0.25, 0.3) is 0 Å². The molecule has 0 bridgehead atoms. The fourth-order valence-corrected chi connectivity index (χ4v) is 1.29. The van der Waals surface area contributed by atoms with E-state index >= 15 is 0 Å². The molecule has 1 atom stereocenters. The van der Waals surface area contributed by atoms with E-state index in [9.17, 15) is 4.39 Å². The van der Waals surface area contributed by atoms with Gasteiger partial charge in [-0.3, -0.25) is 0 Å². The normalized spacial score (nSPS) is 12.9. The Bertz CT molecular complexity index is 281. The second-order valence-electron chi connectivity index (χ2n) is 3.41. The van der Waals surface area contributed by atoms with Gasteiger partial charge >= 0.3 is 0 Å². The molecule has 0 fully saturated rings. The summed E-state index contributed by atoms with van der Waals surface area (Å²) in [5.41, 5.74) is 1.68. The van der Waals surface area contributed by atoms with E-state index in [1.54, 1.807) is 19.9 Å². The zero-order valence-corrected chi connectivity index (χ0v) is 8.05. The van der Waals surface area contributed by atoms with Gasteiger partial charge in [0.05, 0.1) is 6.10 Å². The van der Waals surface area contributed by atoms with E-state index in [0.29, 0.717) is 12.0 Å².